The van der Waals surface area contributed by atoms with Gasteiger partial charge in [-0.3, -0.25) is 0 Å². The van der Waals surface area contributed by atoms with Crippen LogP contribution in [-0.2, 0) is 9.47 Å². The van der Waals surface area contributed by atoms with Crippen LogP contribution in [0.25, 0.3) is 0 Å². The Kier molecular flexibility index (Phi) is 4.18. The molecule has 0 aromatic rings. The summed E-state index contributed by atoms with van der Waals surface area (Å²) in [7, 11) is 0. The number of hydrogen-bond donors (Lipinski definition) is 0. The van der Waals surface area contributed by atoms with E-state index in [4.69, 9.17) is 9.47 Å². The minimum atomic E-state index is -0.281. The fraction of sp³-hybridized carbons (Fsp3) is 1.00. The first-order valence-corrected chi connectivity index (χ1v) is 12.0. The van der Waals surface area contributed by atoms with E-state index in [0.29, 0.717) is 5.41 Å². The summed E-state index contributed by atoms with van der Waals surface area (Å²) in [5, 5.41) is 0. The van der Waals surface area contributed by atoms with Gasteiger partial charge < -0.3 is 9.47 Å². The summed E-state index contributed by atoms with van der Waals surface area (Å²) in [5.41, 5.74) is 1.01. The van der Waals surface area contributed by atoms with Crippen LogP contribution in [0.5, 0.6) is 0 Å². The molecule has 0 aromatic heterocycles. The molecule has 0 bridgehead atoms. The molecule has 4 aliphatic carbocycles. The fourth-order valence-corrected chi connectivity index (χ4v) is 8.61. The zero-order valence-corrected chi connectivity index (χ0v) is 18.5. The van der Waals surface area contributed by atoms with Crippen molar-refractivity contribution in [3.63, 3.8) is 0 Å². The Labute approximate surface area is 167 Å². The predicted molar refractivity (Wildman–Crippen MR) is 109 cm³/mol. The lowest BCUT2D eigenvalue weighted by molar-refractivity contribution is -0.348. The number of ether oxygens (including phenoxy) is 2. The van der Waals surface area contributed by atoms with Gasteiger partial charge >= 0.3 is 0 Å². The van der Waals surface area contributed by atoms with Gasteiger partial charge in [0.1, 0.15) is 0 Å². The van der Waals surface area contributed by atoms with E-state index in [1.165, 1.54) is 51.4 Å². The summed E-state index contributed by atoms with van der Waals surface area (Å²) < 4.78 is 13.2. The molecule has 1 spiro atoms. The van der Waals surface area contributed by atoms with Crippen molar-refractivity contribution in [1.29, 1.82) is 0 Å². The molecule has 2 heteroatoms. The van der Waals surface area contributed by atoms with Crippen molar-refractivity contribution in [3.05, 3.63) is 0 Å². The lowest BCUT2D eigenvalue weighted by Crippen LogP contribution is -2.60. The van der Waals surface area contributed by atoms with Gasteiger partial charge in [-0.25, -0.2) is 0 Å². The summed E-state index contributed by atoms with van der Waals surface area (Å²) in [6, 6.07) is 0. The maximum atomic E-state index is 6.62. The van der Waals surface area contributed by atoms with Crippen LogP contribution in [0.4, 0.5) is 0 Å². The van der Waals surface area contributed by atoms with Crippen molar-refractivity contribution >= 4 is 0 Å². The molecule has 2 nitrogen and oxygen atoms in total. The first-order chi connectivity index (χ1) is 12.7. The van der Waals surface area contributed by atoms with Gasteiger partial charge in [0.25, 0.3) is 0 Å². The van der Waals surface area contributed by atoms with Crippen LogP contribution in [-0.4, -0.2) is 19.0 Å². The SMILES string of the molecule is C[C@H]1CC[C@@]2(C)[C@@H](CC[C@@H]3[C@@H]2CC[C@@]2(C)[C@H]3CCC23OCC(C)(C)CO3)C1. The number of hydrogen-bond acceptors (Lipinski definition) is 2. The maximum absolute atomic E-state index is 6.62. The second-order valence-corrected chi connectivity index (χ2v) is 12.5. The second-order valence-electron chi connectivity index (χ2n) is 12.5. The third-order valence-corrected chi connectivity index (χ3v) is 10.4. The van der Waals surface area contributed by atoms with Gasteiger partial charge in [-0.2, -0.15) is 0 Å². The van der Waals surface area contributed by atoms with E-state index in [0.717, 1.165) is 49.2 Å². The lowest BCUT2D eigenvalue weighted by atomic mass is 9.44. The largest absolute Gasteiger partial charge is 0.349 e. The van der Waals surface area contributed by atoms with Gasteiger partial charge in [-0.15, -0.1) is 0 Å². The molecule has 1 saturated heterocycles. The summed E-state index contributed by atoms with van der Waals surface area (Å²) in [6.07, 6.45) is 12.6. The molecule has 0 unspecified atom stereocenters. The molecule has 0 amide bonds. The lowest BCUT2D eigenvalue weighted by Gasteiger charge is -2.62. The fourth-order valence-electron chi connectivity index (χ4n) is 8.61. The molecular weight excluding hydrogens is 332 g/mol. The van der Waals surface area contributed by atoms with Crippen molar-refractivity contribution in [1.82, 2.24) is 0 Å². The summed E-state index contributed by atoms with van der Waals surface area (Å²) in [4.78, 5) is 0. The third kappa shape index (κ3) is 2.57. The normalized spacial score (nSPS) is 53.4. The zero-order valence-electron chi connectivity index (χ0n) is 18.5. The van der Waals surface area contributed by atoms with E-state index >= 15 is 0 Å². The number of fused-ring (bicyclic) bond motifs is 6. The van der Waals surface area contributed by atoms with Gasteiger partial charge in [-0.1, -0.05) is 41.0 Å². The Balaban J connectivity index is 1.41. The number of rotatable bonds is 0. The smallest absolute Gasteiger partial charge is 0.173 e. The predicted octanol–water partition coefficient (Wildman–Crippen LogP) is 6.43. The summed E-state index contributed by atoms with van der Waals surface area (Å²) in [5.74, 6) is 4.35. The minimum Gasteiger partial charge on any atom is -0.349 e. The van der Waals surface area contributed by atoms with Crippen molar-refractivity contribution in [2.75, 3.05) is 13.2 Å². The van der Waals surface area contributed by atoms with Crippen LogP contribution in [0.1, 0.15) is 92.4 Å². The molecule has 27 heavy (non-hydrogen) atoms. The van der Waals surface area contributed by atoms with Crippen molar-refractivity contribution < 1.29 is 9.47 Å². The van der Waals surface area contributed by atoms with Crippen LogP contribution < -0.4 is 0 Å². The van der Waals surface area contributed by atoms with Gasteiger partial charge in [0.15, 0.2) is 5.79 Å². The molecule has 1 aliphatic heterocycles. The highest BCUT2D eigenvalue weighted by Crippen LogP contribution is 2.69. The van der Waals surface area contributed by atoms with Crippen molar-refractivity contribution in [2.45, 2.75) is 98.2 Å². The summed E-state index contributed by atoms with van der Waals surface area (Å²) >= 11 is 0. The standard InChI is InChI=1S/C25H42O2/c1-17-8-11-23(4)18(14-17)6-7-19-20(23)9-12-24(5)21(19)10-13-25(24)26-15-22(2,3)16-27-25/h17-21H,6-16H2,1-5H3/t17-,18-,19+,20-,21-,23-,24-/m0/s1. The molecule has 1 heterocycles. The average Bonchev–Trinajstić information content (AvgIpc) is 2.91. The quantitative estimate of drug-likeness (QED) is 0.486. The van der Waals surface area contributed by atoms with E-state index in [2.05, 4.69) is 34.6 Å². The molecule has 0 N–H and O–H groups in total. The monoisotopic (exact) mass is 374 g/mol. The van der Waals surface area contributed by atoms with E-state index in [1.54, 1.807) is 0 Å². The van der Waals surface area contributed by atoms with Crippen LogP contribution in [0.2, 0.25) is 0 Å². The molecular formula is C25H42O2. The highest BCUT2D eigenvalue weighted by atomic mass is 16.7. The first-order valence-electron chi connectivity index (χ1n) is 12.0. The molecule has 154 valence electrons. The van der Waals surface area contributed by atoms with E-state index in [9.17, 15) is 0 Å². The average molecular weight is 375 g/mol. The van der Waals surface area contributed by atoms with Crippen LogP contribution in [0.15, 0.2) is 0 Å². The highest BCUT2D eigenvalue weighted by Gasteiger charge is 2.67. The van der Waals surface area contributed by atoms with Crippen LogP contribution in [0.3, 0.4) is 0 Å². The molecule has 5 rings (SSSR count). The molecule has 5 fully saturated rings. The van der Waals surface area contributed by atoms with E-state index in [1.807, 2.05) is 0 Å². The van der Waals surface area contributed by atoms with Gasteiger partial charge in [0.05, 0.1) is 13.2 Å². The van der Waals surface area contributed by atoms with Crippen LogP contribution in [0, 0.1) is 45.8 Å². The van der Waals surface area contributed by atoms with Gasteiger partial charge in [0.2, 0.25) is 0 Å². The van der Waals surface area contributed by atoms with E-state index in [-0.39, 0.29) is 16.6 Å². The third-order valence-electron chi connectivity index (χ3n) is 10.4. The zero-order chi connectivity index (χ0) is 19.1. The second kappa shape index (κ2) is 5.97. The minimum absolute atomic E-state index is 0.168. The Morgan fingerprint density at radius 2 is 1.44 bits per heavy atom. The first kappa shape index (κ1) is 18.9. The van der Waals surface area contributed by atoms with Crippen molar-refractivity contribution in [3.8, 4) is 0 Å². The van der Waals surface area contributed by atoms with Gasteiger partial charge in [0, 0.05) is 17.3 Å². The molecule has 7 atom stereocenters. The van der Waals surface area contributed by atoms with Crippen molar-refractivity contribution in [2.24, 2.45) is 45.8 Å². The Hall–Kier alpha value is -0.0800. The topological polar surface area (TPSA) is 18.5 Å². The molecule has 4 saturated carbocycles. The Morgan fingerprint density at radius 1 is 0.741 bits per heavy atom. The molecule has 5 aliphatic rings. The Morgan fingerprint density at radius 3 is 2.19 bits per heavy atom. The molecule has 0 aromatic carbocycles. The Bertz CT molecular complexity index is 587. The highest BCUT2D eigenvalue weighted by molar-refractivity contribution is 5.12. The maximum Gasteiger partial charge on any atom is 0.173 e. The van der Waals surface area contributed by atoms with Crippen LogP contribution >= 0.6 is 0 Å². The molecule has 0 radical (unpaired) electrons. The van der Waals surface area contributed by atoms with E-state index < -0.39 is 0 Å². The van der Waals surface area contributed by atoms with Gasteiger partial charge in [-0.05, 0) is 80.0 Å². The summed E-state index contributed by atoms with van der Waals surface area (Å²) in [6.45, 7) is 14.0.